The number of nitrogens with one attached hydrogen (secondary N) is 1. The summed E-state index contributed by atoms with van der Waals surface area (Å²) in [7, 11) is 0. The fourth-order valence-electron chi connectivity index (χ4n) is 2.56. The Balaban J connectivity index is 2.01. The normalized spacial score (nSPS) is 10.5. The quantitative estimate of drug-likeness (QED) is 0.443. The lowest BCUT2D eigenvalue weighted by molar-refractivity contribution is -0.118. The Morgan fingerprint density at radius 2 is 2.04 bits per heavy atom. The fourth-order valence-corrected chi connectivity index (χ4v) is 3.33. The van der Waals surface area contributed by atoms with Crippen molar-refractivity contribution in [2.75, 3.05) is 18.9 Å². The number of pyridine rings is 1. The number of carbonyl (C=O) groups is 1. The molecule has 2 heterocycles. The second kappa shape index (κ2) is 9.70. The number of amides is 1. The van der Waals surface area contributed by atoms with E-state index in [4.69, 9.17) is 4.74 Å². The van der Waals surface area contributed by atoms with Gasteiger partial charge in [-0.1, -0.05) is 30.0 Å². The number of para-hydroxylation sites is 2. The van der Waals surface area contributed by atoms with Crippen LogP contribution < -0.4 is 10.1 Å². The smallest absolute Gasteiger partial charge is 0.230 e. The van der Waals surface area contributed by atoms with Gasteiger partial charge in [-0.05, 0) is 31.2 Å². The lowest BCUT2D eigenvalue weighted by Crippen LogP contribution is -2.25. The van der Waals surface area contributed by atoms with E-state index in [1.807, 2.05) is 47.9 Å². The van der Waals surface area contributed by atoms with Crippen LogP contribution in [0.5, 0.6) is 5.75 Å². The summed E-state index contributed by atoms with van der Waals surface area (Å²) in [5.41, 5.74) is 1.69. The Bertz CT molecular complexity index is 943. The minimum absolute atomic E-state index is 0.0944. The van der Waals surface area contributed by atoms with Crippen LogP contribution in [0.15, 0.2) is 66.6 Å². The van der Waals surface area contributed by atoms with Crippen molar-refractivity contribution in [2.45, 2.75) is 12.1 Å². The van der Waals surface area contributed by atoms with E-state index < -0.39 is 0 Å². The monoisotopic (exact) mass is 395 g/mol. The predicted molar refractivity (Wildman–Crippen MR) is 110 cm³/mol. The number of thioether (sulfide) groups is 1. The molecular weight excluding hydrogens is 374 g/mol. The van der Waals surface area contributed by atoms with Crippen molar-refractivity contribution >= 4 is 17.7 Å². The SMILES string of the molecule is C=CCNC(=O)CSc1nnc(-c2ccncc2)n1-c1ccccc1OCC. The highest BCUT2D eigenvalue weighted by molar-refractivity contribution is 7.99. The van der Waals surface area contributed by atoms with E-state index in [0.29, 0.717) is 24.1 Å². The maximum absolute atomic E-state index is 12.0. The first kappa shape index (κ1) is 19.6. The van der Waals surface area contributed by atoms with Crippen molar-refractivity contribution < 1.29 is 9.53 Å². The molecule has 0 aliphatic carbocycles. The van der Waals surface area contributed by atoms with Gasteiger partial charge in [0.1, 0.15) is 5.75 Å². The zero-order chi connectivity index (χ0) is 19.8. The average Bonchev–Trinajstić information content (AvgIpc) is 3.16. The summed E-state index contributed by atoms with van der Waals surface area (Å²) in [5.74, 6) is 1.50. The van der Waals surface area contributed by atoms with Crippen LogP contribution in [-0.2, 0) is 4.79 Å². The van der Waals surface area contributed by atoms with Gasteiger partial charge in [-0.25, -0.2) is 0 Å². The molecule has 28 heavy (non-hydrogen) atoms. The minimum atomic E-state index is -0.0944. The molecule has 0 unspecified atom stereocenters. The number of rotatable bonds is 9. The molecule has 0 atom stereocenters. The molecule has 0 radical (unpaired) electrons. The van der Waals surface area contributed by atoms with Crippen LogP contribution in [0.3, 0.4) is 0 Å². The number of nitrogens with zero attached hydrogens (tertiary/aromatic N) is 4. The number of hydrogen-bond donors (Lipinski definition) is 1. The lowest BCUT2D eigenvalue weighted by Gasteiger charge is -2.14. The van der Waals surface area contributed by atoms with Crippen LogP contribution in [0, 0.1) is 0 Å². The second-order valence-corrected chi connectivity index (χ2v) is 6.60. The Labute approximate surface area is 167 Å². The fraction of sp³-hybridized carbons (Fsp3) is 0.200. The largest absolute Gasteiger partial charge is 0.492 e. The zero-order valence-corrected chi connectivity index (χ0v) is 16.4. The Kier molecular flexibility index (Phi) is 6.80. The summed E-state index contributed by atoms with van der Waals surface area (Å²) in [6.45, 7) is 6.51. The molecule has 3 rings (SSSR count). The average molecular weight is 395 g/mol. The first-order valence-corrected chi connectivity index (χ1v) is 9.81. The molecule has 0 spiro atoms. The number of carbonyl (C=O) groups excluding carboxylic acids is 1. The van der Waals surface area contributed by atoms with Crippen molar-refractivity contribution in [2.24, 2.45) is 0 Å². The van der Waals surface area contributed by atoms with Gasteiger partial charge in [-0.15, -0.1) is 16.8 Å². The first-order valence-electron chi connectivity index (χ1n) is 8.83. The predicted octanol–water partition coefficient (Wildman–Crippen LogP) is 3.12. The van der Waals surface area contributed by atoms with Crippen LogP contribution in [0.1, 0.15) is 6.92 Å². The number of aromatic nitrogens is 4. The molecule has 8 heteroatoms. The van der Waals surface area contributed by atoms with Crippen molar-refractivity contribution in [1.29, 1.82) is 0 Å². The van der Waals surface area contributed by atoms with Crippen LogP contribution >= 0.6 is 11.8 Å². The summed E-state index contributed by atoms with van der Waals surface area (Å²) in [6.07, 6.45) is 5.06. The van der Waals surface area contributed by atoms with Crippen LogP contribution in [-0.4, -0.2) is 44.6 Å². The van der Waals surface area contributed by atoms with E-state index in [0.717, 1.165) is 17.0 Å². The molecule has 0 aliphatic heterocycles. The summed E-state index contributed by atoms with van der Waals surface area (Å²) >= 11 is 1.31. The van der Waals surface area contributed by atoms with E-state index in [1.165, 1.54) is 11.8 Å². The van der Waals surface area contributed by atoms with Gasteiger partial charge in [0.15, 0.2) is 11.0 Å². The van der Waals surface area contributed by atoms with Crippen molar-refractivity contribution in [1.82, 2.24) is 25.1 Å². The van der Waals surface area contributed by atoms with Gasteiger partial charge < -0.3 is 10.1 Å². The summed E-state index contributed by atoms with van der Waals surface area (Å²) in [4.78, 5) is 16.1. The van der Waals surface area contributed by atoms with Gasteiger partial charge >= 0.3 is 0 Å². The standard InChI is InChI=1S/C20H21N5O2S/c1-3-11-22-18(26)14-28-20-24-23-19(15-9-12-21-13-10-15)25(20)16-7-5-6-8-17(16)27-4-2/h3,5-10,12-13H,1,4,11,14H2,2H3,(H,22,26). The van der Waals surface area contributed by atoms with Gasteiger partial charge in [0.25, 0.3) is 0 Å². The highest BCUT2D eigenvalue weighted by atomic mass is 32.2. The maximum atomic E-state index is 12.0. The number of benzene rings is 1. The highest BCUT2D eigenvalue weighted by Crippen LogP contribution is 2.32. The Hall–Kier alpha value is -3.13. The number of ether oxygens (including phenoxy) is 1. The molecule has 144 valence electrons. The molecule has 0 fully saturated rings. The molecular formula is C20H21N5O2S. The lowest BCUT2D eigenvalue weighted by atomic mass is 10.2. The third-order valence-corrected chi connectivity index (χ3v) is 4.68. The van der Waals surface area contributed by atoms with E-state index in [2.05, 4.69) is 27.1 Å². The maximum Gasteiger partial charge on any atom is 0.230 e. The molecule has 1 aromatic carbocycles. The summed E-state index contributed by atoms with van der Waals surface area (Å²) in [6, 6.07) is 11.4. The minimum Gasteiger partial charge on any atom is -0.492 e. The molecule has 0 aliphatic rings. The van der Waals surface area contributed by atoms with E-state index in [9.17, 15) is 4.79 Å². The van der Waals surface area contributed by atoms with Gasteiger partial charge in [0, 0.05) is 24.5 Å². The summed E-state index contributed by atoms with van der Waals surface area (Å²) in [5, 5.41) is 12.1. The van der Waals surface area contributed by atoms with Gasteiger partial charge in [0.05, 0.1) is 18.0 Å². The molecule has 1 N–H and O–H groups in total. The van der Waals surface area contributed by atoms with E-state index in [-0.39, 0.29) is 11.7 Å². The van der Waals surface area contributed by atoms with Crippen molar-refractivity contribution in [3.63, 3.8) is 0 Å². The van der Waals surface area contributed by atoms with E-state index in [1.54, 1.807) is 18.5 Å². The molecule has 0 bridgehead atoms. The van der Waals surface area contributed by atoms with Crippen molar-refractivity contribution in [3.8, 4) is 22.8 Å². The third-order valence-electron chi connectivity index (χ3n) is 3.75. The van der Waals surface area contributed by atoms with Crippen LogP contribution in [0.2, 0.25) is 0 Å². The molecule has 0 saturated carbocycles. The summed E-state index contributed by atoms with van der Waals surface area (Å²) < 4.78 is 7.71. The van der Waals surface area contributed by atoms with Crippen LogP contribution in [0.4, 0.5) is 0 Å². The number of hydrogen-bond acceptors (Lipinski definition) is 6. The first-order chi connectivity index (χ1) is 13.7. The molecule has 1 amide bonds. The molecule has 2 aromatic heterocycles. The highest BCUT2D eigenvalue weighted by Gasteiger charge is 2.19. The molecule has 7 nitrogen and oxygen atoms in total. The van der Waals surface area contributed by atoms with Gasteiger partial charge in [-0.2, -0.15) is 0 Å². The van der Waals surface area contributed by atoms with Crippen molar-refractivity contribution in [3.05, 3.63) is 61.4 Å². The molecule has 0 saturated heterocycles. The third kappa shape index (κ3) is 4.58. The molecule has 3 aromatic rings. The topological polar surface area (TPSA) is 81.9 Å². The van der Waals surface area contributed by atoms with Gasteiger partial charge in [-0.3, -0.25) is 14.3 Å². The van der Waals surface area contributed by atoms with Crippen LogP contribution in [0.25, 0.3) is 17.1 Å². The van der Waals surface area contributed by atoms with Gasteiger partial charge in [0.2, 0.25) is 5.91 Å². The zero-order valence-electron chi connectivity index (χ0n) is 15.5. The second-order valence-electron chi connectivity index (χ2n) is 5.66. The Morgan fingerprint density at radius 1 is 1.25 bits per heavy atom. The Morgan fingerprint density at radius 3 is 2.79 bits per heavy atom. The van der Waals surface area contributed by atoms with E-state index >= 15 is 0 Å².